The fourth-order valence-electron chi connectivity index (χ4n) is 5.02. The zero-order chi connectivity index (χ0) is 43.1. The van der Waals surface area contributed by atoms with Gasteiger partial charge >= 0.3 is 11.9 Å². The molecule has 1 unspecified atom stereocenters. The number of methoxy groups -OCH3 is 2. The maximum atomic E-state index is 12.3. The highest BCUT2D eigenvalue weighted by Gasteiger charge is 2.21. The lowest BCUT2D eigenvalue weighted by Crippen LogP contribution is -2.41. The second-order valence-corrected chi connectivity index (χ2v) is 12.4. The monoisotopic (exact) mass is 809 g/mol. The van der Waals surface area contributed by atoms with Crippen LogP contribution in [0.3, 0.4) is 0 Å². The van der Waals surface area contributed by atoms with Gasteiger partial charge in [0, 0.05) is 17.7 Å². The summed E-state index contributed by atoms with van der Waals surface area (Å²) in [6, 6.07) is 14.2. The highest BCUT2D eigenvalue weighted by Crippen LogP contribution is 2.28. The fourth-order valence-corrected chi connectivity index (χ4v) is 5.02. The van der Waals surface area contributed by atoms with E-state index in [-0.39, 0.29) is 71.5 Å². The van der Waals surface area contributed by atoms with Crippen LogP contribution < -0.4 is 31.4 Å². The van der Waals surface area contributed by atoms with Crippen LogP contribution in [0.15, 0.2) is 83.8 Å². The molecule has 0 aliphatic rings. The third kappa shape index (κ3) is 13.3. The van der Waals surface area contributed by atoms with Crippen LogP contribution in [-0.2, 0) is 25.7 Å². The molecule has 9 N–H and O–H groups in total. The quantitative estimate of drug-likeness (QED) is 0.0493. The molecule has 19 nitrogen and oxygen atoms in total. The number of aromatic amines is 1. The van der Waals surface area contributed by atoms with E-state index in [4.69, 9.17) is 25.4 Å². The van der Waals surface area contributed by atoms with E-state index in [0.717, 1.165) is 0 Å². The van der Waals surface area contributed by atoms with Gasteiger partial charge in [-0.15, -0.1) is 0 Å². The molecule has 0 aliphatic carbocycles. The lowest BCUT2D eigenvalue weighted by molar-refractivity contribution is -0.140. The molecule has 0 fully saturated rings. The van der Waals surface area contributed by atoms with Gasteiger partial charge in [-0.1, -0.05) is 24.3 Å². The molecule has 19 heteroatoms. The second kappa shape index (κ2) is 20.7. The van der Waals surface area contributed by atoms with Crippen LogP contribution >= 0.6 is 0 Å². The maximum absolute atomic E-state index is 12.3. The maximum Gasteiger partial charge on any atom is 0.326 e. The van der Waals surface area contributed by atoms with E-state index in [0.29, 0.717) is 34.0 Å². The number of rotatable bonds is 17. The molecular formula is C40H39N7O12. The smallest absolute Gasteiger partial charge is 0.326 e. The molecule has 0 bridgehead atoms. The summed E-state index contributed by atoms with van der Waals surface area (Å²) in [6.45, 7) is 0.231. The van der Waals surface area contributed by atoms with E-state index in [1.165, 1.54) is 56.8 Å². The molecule has 0 saturated heterocycles. The first-order valence-corrected chi connectivity index (χ1v) is 17.4. The van der Waals surface area contributed by atoms with Crippen LogP contribution in [0.5, 0.6) is 23.0 Å². The van der Waals surface area contributed by atoms with E-state index in [9.17, 15) is 39.0 Å². The Morgan fingerprint density at radius 3 is 1.95 bits per heavy atom. The zero-order valence-electron chi connectivity index (χ0n) is 31.5. The van der Waals surface area contributed by atoms with Gasteiger partial charge in [0.2, 0.25) is 5.95 Å². The number of aromatic hydroxyl groups is 2. The van der Waals surface area contributed by atoms with Gasteiger partial charge in [0.15, 0.2) is 45.7 Å². The lowest BCUT2D eigenvalue weighted by Gasteiger charge is -2.14. The number of hydrogen-bond donors (Lipinski definition) is 8. The normalized spacial score (nSPS) is 11.4. The average Bonchev–Trinajstić information content (AvgIpc) is 3.21. The molecule has 1 amide bonds. The van der Waals surface area contributed by atoms with Crippen molar-refractivity contribution in [2.75, 3.05) is 25.3 Å². The Hall–Kier alpha value is -8.09. The Morgan fingerprint density at radius 2 is 1.42 bits per heavy atom. The lowest BCUT2D eigenvalue weighted by atomic mass is 10.1. The average molecular weight is 810 g/mol. The molecule has 5 aromatic rings. The van der Waals surface area contributed by atoms with Crippen LogP contribution in [0.25, 0.3) is 23.3 Å². The molecule has 2 aromatic heterocycles. The largest absolute Gasteiger partial charge is 0.504 e. The van der Waals surface area contributed by atoms with Crippen molar-refractivity contribution in [3.63, 3.8) is 0 Å². The third-order valence-electron chi connectivity index (χ3n) is 8.04. The number of amides is 1. The van der Waals surface area contributed by atoms with Gasteiger partial charge in [-0.2, -0.15) is 4.98 Å². The summed E-state index contributed by atoms with van der Waals surface area (Å²) in [6.07, 6.45) is 6.28. The minimum Gasteiger partial charge on any atom is -0.504 e. The number of hydrogen-bond acceptors (Lipinski definition) is 15. The van der Waals surface area contributed by atoms with Gasteiger partial charge in [-0.3, -0.25) is 29.0 Å². The highest BCUT2D eigenvalue weighted by atomic mass is 16.5. The van der Waals surface area contributed by atoms with Crippen LogP contribution in [0, 0.1) is 0 Å². The molecule has 2 heterocycles. The number of nitrogen functional groups attached to an aromatic ring is 1. The van der Waals surface area contributed by atoms with Crippen LogP contribution in [0.1, 0.15) is 46.4 Å². The number of ketones is 2. The number of nitrogens with one attached hydrogen (secondary N) is 3. The van der Waals surface area contributed by atoms with Gasteiger partial charge in [0.1, 0.15) is 6.04 Å². The van der Waals surface area contributed by atoms with Gasteiger partial charge in [-0.05, 0) is 78.2 Å². The molecule has 0 radical (unpaired) electrons. The molecule has 0 saturated carbocycles. The van der Waals surface area contributed by atoms with E-state index < -0.39 is 29.4 Å². The number of carbonyl (C=O) groups excluding carboxylic acids is 3. The van der Waals surface area contributed by atoms with E-state index in [2.05, 4.69) is 30.6 Å². The van der Waals surface area contributed by atoms with E-state index in [1.54, 1.807) is 48.6 Å². The van der Waals surface area contributed by atoms with Crippen LogP contribution in [-0.4, -0.2) is 90.0 Å². The number of phenols is 2. The molecule has 0 aliphatic heterocycles. The number of carboxylic acids is 2. The number of nitrogens with two attached hydrogens (primary N) is 1. The number of nitrogens with zero attached hydrogens (tertiary/aromatic N) is 3. The fraction of sp³-hybridized carbons (Fsp3) is 0.175. The molecule has 306 valence electrons. The Labute approximate surface area is 334 Å². The third-order valence-corrected chi connectivity index (χ3v) is 8.04. The van der Waals surface area contributed by atoms with Gasteiger partial charge in [0.05, 0.1) is 39.1 Å². The molecule has 1 atom stereocenters. The number of anilines is 2. The Balaban J connectivity index is 0.000000265. The Kier molecular flexibility index (Phi) is 15.3. The summed E-state index contributed by atoms with van der Waals surface area (Å²) in [4.78, 5) is 84.4. The number of ether oxygens (including phenoxy) is 2. The SMILES string of the molecule is COc1cc(/C=C/C(=O)CC(=O)/C=C/c2ccc(O)c(OC)c2)ccc1O.Nc1nc2ncc(CNc3ccc(C(=O)NC(CCC(=O)O)C(=O)O)cc3)nc2c(=O)[nH]1. The van der Waals surface area contributed by atoms with Crippen LogP contribution in [0.2, 0.25) is 0 Å². The first kappa shape index (κ1) is 43.6. The first-order chi connectivity index (χ1) is 28.1. The van der Waals surface area contributed by atoms with Crippen molar-refractivity contribution in [2.45, 2.75) is 31.8 Å². The summed E-state index contributed by atoms with van der Waals surface area (Å²) in [5, 5.41) is 42.3. The van der Waals surface area contributed by atoms with Crippen molar-refractivity contribution >= 4 is 64.4 Å². The van der Waals surface area contributed by atoms with Crippen molar-refractivity contribution in [1.29, 1.82) is 0 Å². The second-order valence-electron chi connectivity index (χ2n) is 12.4. The number of aliphatic carboxylic acids is 2. The number of benzene rings is 3. The summed E-state index contributed by atoms with van der Waals surface area (Å²) >= 11 is 0. The topological polar surface area (TPSA) is 306 Å². The minimum atomic E-state index is -1.31. The number of phenolic OH excluding ortho intramolecular Hbond substituents is 2. The first-order valence-electron chi connectivity index (χ1n) is 17.4. The van der Waals surface area contributed by atoms with Gasteiger partial charge in [-0.25, -0.2) is 14.8 Å². The number of carboxylic acid groups (broad SMARTS) is 2. The molecule has 5 rings (SSSR count). The Morgan fingerprint density at radius 1 is 0.847 bits per heavy atom. The van der Waals surface area contributed by atoms with Crippen molar-refractivity contribution in [3.8, 4) is 23.0 Å². The summed E-state index contributed by atoms with van der Waals surface area (Å²) < 4.78 is 10.00. The highest BCUT2D eigenvalue weighted by molar-refractivity contribution is 6.11. The number of aromatic nitrogens is 4. The number of carbonyl (C=O) groups is 5. The standard InChI is InChI=1S/C21H20O6.C19H19N7O6/c1-26-20-11-14(5-9-18(20)24)3-7-16(22)13-17(23)8-4-15-6-10-19(25)21(12-15)27-2;20-19-25-15-14(17(30)26-19)23-11(8-22-15)7-21-10-3-1-9(2-4-10)16(29)24-12(18(31)32)5-6-13(27)28/h3-12,24-25H,13H2,1-2H3;1-4,8,12,21H,5-7H2,(H,24,29)(H,27,28)(H,31,32)(H3,20,22,25,26,30)/b7-3+,8-4+;. The Bertz CT molecular complexity index is 2390. The summed E-state index contributed by atoms with van der Waals surface area (Å²) in [5.41, 5.74) is 7.80. The van der Waals surface area contributed by atoms with Crippen molar-refractivity contribution < 1.29 is 53.9 Å². The number of fused-ring (bicyclic) bond motifs is 1. The predicted molar refractivity (Wildman–Crippen MR) is 214 cm³/mol. The molecule has 0 spiro atoms. The van der Waals surface area contributed by atoms with Crippen LogP contribution in [0.4, 0.5) is 11.6 Å². The van der Waals surface area contributed by atoms with Crippen molar-refractivity contribution in [3.05, 3.63) is 112 Å². The molecular weight excluding hydrogens is 770 g/mol. The van der Waals surface area contributed by atoms with E-state index in [1.807, 2.05) is 0 Å². The molecule has 3 aromatic carbocycles. The van der Waals surface area contributed by atoms with Gasteiger partial charge < -0.3 is 46.3 Å². The zero-order valence-corrected chi connectivity index (χ0v) is 31.5. The minimum absolute atomic E-state index is 0.00662. The summed E-state index contributed by atoms with van der Waals surface area (Å²) in [7, 11) is 2.87. The van der Waals surface area contributed by atoms with Crippen molar-refractivity contribution in [2.24, 2.45) is 0 Å². The van der Waals surface area contributed by atoms with Gasteiger partial charge in [0.25, 0.3) is 11.5 Å². The number of allylic oxidation sites excluding steroid dienone is 2. The molecule has 59 heavy (non-hydrogen) atoms. The number of H-pyrrole nitrogens is 1. The summed E-state index contributed by atoms with van der Waals surface area (Å²) in [5.74, 6) is -3.24. The van der Waals surface area contributed by atoms with Crippen molar-refractivity contribution in [1.82, 2.24) is 25.3 Å². The van der Waals surface area contributed by atoms with E-state index >= 15 is 0 Å². The predicted octanol–water partition coefficient (Wildman–Crippen LogP) is 3.33.